The van der Waals surface area contributed by atoms with Crippen LogP contribution in [-0.2, 0) is 6.42 Å². The molecule has 5 atom stereocenters. The van der Waals surface area contributed by atoms with Crippen LogP contribution in [0.1, 0.15) is 35.2 Å². The fraction of sp³-hybridized carbons (Fsp3) is 0.647. The molecule has 1 aliphatic heterocycles. The summed E-state index contributed by atoms with van der Waals surface area (Å²) >= 11 is 4.02. The van der Waals surface area contributed by atoms with Gasteiger partial charge in [0.15, 0.2) is 0 Å². The van der Waals surface area contributed by atoms with Crippen LogP contribution in [0, 0.1) is 29.6 Å². The zero-order valence-corrected chi connectivity index (χ0v) is 12.6. The largest absolute Gasteiger partial charge is 0.493 e. The Morgan fingerprint density at radius 2 is 1.95 bits per heavy atom. The van der Waals surface area contributed by atoms with Crippen molar-refractivity contribution in [1.29, 1.82) is 0 Å². The molecule has 100 valence electrons. The highest BCUT2D eigenvalue weighted by Gasteiger charge is 2.66. The van der Waals surface area contributed by atoms with Gasteiger partial charge in [0.25, 0.3) is 0 Å². The van der Waals surface area contributed by atoms with E-state index in [9.17, 15) is 0 Å². The molecule has 3 fully saturated rings. The molecular formula is C17H19BrO. The molecular weight excluding hydrogens is 300 g/mol. The molecule has 1 aromatic rings. The highest BCUT2D eigenvalue weighted by atomic mass is 79.9. The lowest BCUT2D eigenvalue weighted by Gasteiger charge is -2.15. The van der Waals surface area contributed by atoms with E-state index in [1.165, 1.54) is 24.0 Å². The summed E-state index contributed by atoms with van der Waals surface area (Å²) in [6.45, 7) is 0.866. The Morgan fingerprint density at radius 3 is 2.74 bits per heavy atom. The van der Waals surface area contributed by atoms with Crippen molar-refractivity contribution in [2.24, 2.45) is 29.6 Å². The van der Waals surface area contributed by atoms with E-state index < -0.39 is 0 Å². The van der Waals surface area contributed by atoms with E-state index in [0.29, 0.717) is 4.83 Å². The zero-order chi connectivity index (χ0) is 12.6. The minimum Gasteiger partial charge on any atom is -0.493 e. The molecule has 0 aromatic heterocycles. The third kappa shape index (κ3) is 1.47. The van der Waals surface area contributed by atoms with E-state index in [1.54, 1.807) is 6.42 Å². The summed E-state index contributed by atoms with van der Waals surface area (Å²) in [7, 11) is 0. The number of fused-ring (bicyclic) bond motifs is 6. The van der Waals surface area contributed by atoms with Crippen molar-refractivity contribution in [3.63, 3.8) is 0 Å². The van der Waals surface area contributed by atoms with Gasteiger partial charge in [0.05, 0.1) is 6.61 Å². The molecule has 2 bridgehead atoms. The second-order valence-corrected chi connectivity index (χ2v) is 7.92. The van der Waals surface area contributed by atoms with Gasteiger partial charge in [-0.3, -0.25) is 0 Å². The molecule has 3 aliphatic carbocycles. The molecule has 0 N–H and O–H groups in total. The van der Waals surface area contributed by atoms with Crippen LogP contribution in [-0.4, -0.2) is 6.61 Å². The molecule has 1 aromatic carbocycles. The lowest BCUT2D eigenvalue weighted by molar-refractivity contribution is 0.357. The van der Waals surface area contributed by atoms with Gasteiger partial charge in [-0.1, -0.05) is 28.1 Å². The number of rotatable bonds is 2. The molecule has 5 unspecified atom stereocenters. The van der Waals surface area contributed by atoms with Crippen LogP contribution >= 0.6 is 15.9 Å². The quantitative estimate of drug-likeness (QED) is 0.737. The van der Waals surface area contributed by atoms with Crippen molar-refractivity contribution in [1.82, 2.24) is 0 Å². The lowest BCUT2D eigenvalue weighted by atomic mass is 9.96. The van der Waals surface area contributed by atoms with E-state index in [2.05, 4.69) is 34.1 Å². The minimum atomic E-state index is 0.580. The number of halogens is 1. The fourth-order valence-electron chi connectivity index (χ4n) is 5.38. The maximum Gasteiger partial charge on any atom is 0.122 e. The maximum absolute atomic E-state index is 5.61. The smallest absolute Gasteiger partial charge is 0.122 e. The average Bonchev–Trinajstić information content (AvgIpc) is 2.84. The van der Waals surface area contributed by atoms with Gasteiger partial charge < -0.3 is 4.74 Å². The molecule has 0 radical (unpaired) electrons. The van der Waals surface area contributed by atoms with Crippen molar-refractivity contribution in [3.8, 4) is 5.75 Å². The molecule has 5 rings (SSSR count). The first-order valence-corrected chi connectivity index (χ1v) is 8.64. The van der Waals surface area contributed by atoms with Crippen molar-refractivity contribution in [3.05, 3.63) is 29.3 Å². The van der Waals surface area contributed by atoms with Crippen LogP contribution < -0.4 is 4.74 Å². The molecule has 0 amide bonds. The van der Waals surface area contributed by atoms with Crippen LogP contribution in [0.15, 0.2) is 18.2 Å². The van der Waals surface area contributed by atoms with Crippen LogP contribution in [0.2, 0.25) is 0 Å². The number of hydrogen-bond donors (Lipinski definition) is 0. The third-order valence-corrected chi connectivity index (χ3v) is 7.30. The molecule has 2 heteroatoms. The highest BCUT2D eigenvalue weighted by molar-refractivity contribution is 9.09. The highest BCUT2D eigenvalue weighted by Crippen LogP contribution is 2.73. The number of benzene rings is 1. The summed E-state index contributed by atoms with van der Waals surface area (Å²) in [5.74, 6) is 6.27. The van der Waals surface area contributed by atoms with Crippen LogP contribution in [0.3, 0.4) is 0 Å². The first-order chi connectivity index (χ1) is 9.33. The lowest BCUT2D eigenvalue weighted by Crippen LogP contribution is -2.04. The molecule has 19 heavy (non-hydrogen) atoms. The Kier molecular flexibility index (Phi) is 2.23. The second kappa shape index (κ2) is 3.78. The molecule has 1 nitrogen and oxygen atoms in total. The van der Waals surface area contributed by atoms with E-state index >= 15 is 0 Å². The summed E-state index contributed by atoms with van der Waals surface area (Å²) < 4.78 is 5.61. The van der Waals surface area contributed by atoms with Crippen molar-refractivity contribution >= 4 is 15.9 Å². The monoisotopic (exact) mass is 318 g/mol. The van der Waals surface area contributed by atoms with Gasteiger partial charge in [0.1, 0.15) is 5.75 Å². The van der Waals surface area contributed by atoms with Crippen molar-refractivity contribution in [2.45, 2.75) is 30.5 Å². The predicted octanol–water partition coefficient (Wildman–Crippen LogP) is 4.35. The summed E-state index contributed by atoms with van der Waals surface area (Å²) in [4.78, 5) is 0.580. The average molecular weight is 319 g/mol. The Hall–Kier alpha value is -0.500. The SMILES string of the molecule is BrC(c1ccc2c(c1)CCO2)C1C2C3CCC(C3)C21. The standard InChI is InChI=1S/C17H19BrO/c18-17(12-3-4-13-9(7-12)5-6-19-13)16-14-10-1-2-11(8-10)15(14)16/h3-4,7,10-11,14-17H,1-2,5-6,8H2. The molecule has 3 saturated carbocycles. The molecule has 4 aliphatic rings. The Morgan fingerprint density at radius 1 is 1.16 bits per heavy atom. The fourth-order valence-corrected chi connectivity index (χ4v) is 6.37. The Balaban J connectivity index is 1.42. The topological polar surface area (TPSA) is 9.23 Å². The minimum absolute atomic E-state index is 0.580. The molecule has 1 heterocycles. The van der Waals surface area contributed by atoms with E-state index in [-0.39, 0.29) is 0 Å². The zero-order valence-electron chi connectivity index (χ0n) is 11.0. The van der Waals surface area contributed by atoms with Gasteiger partial charge in [-0.2, -0.15) is 0 Å². The Labute approximate surface area is 122 Å². The first-order valence-electron chi connectivity index (χ1n) is 7.72. The Bertz CT molecular complexity index is 524. The third-order valence-electron chi connectivity index (χ3n) is 6.16. The van der Waals surface area contributed by atoms with Gasteiger partial charge in [-0.05, 0) is 66.0 Å². The van der Waals surface area contributed by atoms with Crippen molar-refractivity contribution < 1.29 is 4.74 Å². The maximum atomic E-state index is 5.61. The van der Waals surface area contributed by atoms with E-state index in [1.807, 2.05) is 0 Å². The van der Waals surface area contributed by atoms with Crippen molar-refractivity contribution in [2.75, 3.05) is 6.61 Å². The van der Waals surface area contributed by atoms with Gasteiger partial charge in [0, 0.05) is 11.2 Å². The molecule has 0 saturated heterocycles. The number of alkyl halides is 1. The van der Waals surface area contributed by atoms with Crippen LogP contribution in [0.25, 0.3) is 0 Å². The van der Waals surface area contributed by atoms with E-state index in [4.69, 9.17) is 4.74 Å². The van der Waals surface area contributed by atoms with Gasteiger partial charge in [-0.15, -0.1) is 0 Å². The normalized spacial score (nSPS) is 42.7. The van der Waals surface area contributed by atoms with Gasteiger partial charge >= 0.3 is 0 Å². The molecule has 0 spiro atoms. The van der Waals surface area contributed by atoms with Gasteiger partial charge in [-0.25, -0.2) is 0 Å². The summed E-state index contributed by atoms with van der Waals surface area (Å²) in [5.41, 5.74) is 2.90. The van der Waals surface area contributed by atoms with Crippen LogP contribution in [0.4, 0.5) is 0 Å². The predicted molar refractivity (Wildman–Crippen MR) is 78.6 cm³/mol. The number of hydrogen-bond acceptors (Lipinski definition) is 1. The first kappa shape index (κ1) is 11.2. The number of ether oxygens (including phenoxy) is 1. The van der Waals surface area contributed by atoms with Gasteiger partial charge in [0.2, 0.25) is 0 Å². The summed E-state index contributed by atoms with van der Waals surface area (Å²) in [5, 5.41) is 0. The summed E-state index contributed by atoms with van der Waals surface area (Å²) in [6.07, 6.45) is 5.66. The summed E-state index contributed by atoms with van der Waals surface area (Å²) in [6, 6.07) is 6.84. The van der Waals surface area contributed by atoms with Crippen LogP contribution in [0.5, 0.6) is 5.75 Å². The van der Waals surface area contributed by atoms with E-state index in [0.717, 1.165) is 48.4 Å². The second-order valence-electron chi connectivity index (χ2n) is 6.93.